The summed E-state index contributed by atoms with van der Waals surface area (Å²) in [4.78, 5) is 31.1. The predicted molar refractivity (Wildman–Crippen MR) is 124 cm³/mol. The number of H-pyrrole nitrogens is 1. The third-order valence-corrected chi connectivity index (χ3v) is 6.42. The zero-order chi connectivity index (χ0) is 27.7. The normalized spacial score (nSPS) is 22.3. The van der Waals surface area contributed by atoms with E-state index in [1.54, 1.807) is 5.10 Å². The third-order valence-electron chi connectivity index (χ3n) is 6.42. The molecule has 2 aromatic heterocycles. The van der Waals surface area contributed by atoms with Gasteiger partial charge in [0.2, 0.25) is 0 Å². The van der Waals surface area contributed by atoms with Crippen molar-refractivity contribution in [2.75, 3.05) is 36.5 Å². The molecule has 0 aromatic carbocycles. The minimum absolute atomic E-state index is 0.0130. The molecule has 4 heterocycles. The van der Waals surface area contributed by atoms with Crippen molar-refractivity contribution in [1.82, 2.24) is 20.1 Å². The van der Waals surface area contributed by atoms with E-state index >= 15 is 8.78 Å². The number of nitriles is 1. The molecule has 0 aliphatic carbocycles. The number of carbonyl (C=O) groups excluding carboxylic acids is 1. The summed E-state index contributed by atoms with van der Waals surface area (Å²) in [7, 11) is 0. The van der Waals surface area contributed by atoms with Crippen molar-refractivity contribution in [2.45, 2.75) is 50.1 Å². The summed E-state index contributed by atoms with van der Waals surface area (Å²) in [6.07, 6.45) is -3.67. The zero-order valence-corrected chi connectivity index (χ0v) is 20.1. The number of halogens is 5. The number of likely N-dealkylation sites (tertiary alicyclic amines) is 1. The predicted octanol–water partition coefficient (Wildman–Crippen LogP) is 2.39. The van der Waals surface area contributed by atoms with Crippen LogP contribution in [-0.4, -0.2) is 76.3 Å². The Hall–Kier alpha value is -3.80. The van der Waals surface area contributed by atoms with Gasteiger partial charge >= 0.3 is 6.18 Å². The molecule has 0 saturated carbocycles. The Balaban J connectivity index is 1.34. The largest absolute Gasteiger partial charge is 0.423 e. The standard InChI is InChI=1S/C23H24F5N7O3/c1-13(32-15-10-31-33-20(36)19(15)23(26,27)28)11-38-16-4-7-35(21(16)37)17-5-6-34(12-22(17,24)25)18-3-2-14(8-29)9-30-18/h2-3,9-10,13,16-17H,4-7,11-12H2,1H3,(H2,32,33,36)/t13-,16+,17-/m0/s1. The van der Waals surface area contributed by atoms with Gasteiger partial charge in [-0.15, -0.1) is 0 Å². The lowest BCUT2D eigenvalue weighted by molar-refractivity contribution is -0.149. The molecule has 2 saturated heterocycles. The highest BCUT2D eigenvalue weighted by Gasteiger charge is 2.51. The Morgan fingerprint density at radius 1 is 1.26 bits per heavy atom. The van der Waals surface area contributed by atoms with Crippen molar-refractivity contribution in [2.24, 2.45) is 0 Å². The average molecular weight is 541 g/mol. The molecule has 0 radical (unpaired) electrons. The number of piperidine rings is 1. The van der Waals surface area contributed by atoms with Crippen LogP contribution in [0.3, 0.4) is 0 Å². The van der Waals surface area contributed by atoms with E-state index < -0.39 is 59.5 Å². The second kappa shape index (κ2) is 10.5. The first kappa shape index (κ1) is 27.2. The van der Waals surface area contributed by atoms with Crippen molar-refractivity contribution in [3.63, 3.8) is 0 Å². The van der Waals surface area contributed by atoms with Gasteiger partial charge in [-0.1, -0.05) is 0 Å². The lowest BCUT2D eigenvalue weighted by Crippen LogP contribution is -2.59. The maximum atomic E-state index is 15.1. The molecule has 15 heteroatoms. The Kier molecular flexibility index (Phi) is 7.54. The van der Waals surface area contributed by atoms with Crippen molar-refractivity contribution < 1.29 is 31.5 Å². The second-order valence-corrected chi connectivity index (χ2v) is 9.18. The maximum absolute atomic E-state index is 15.1. The van der Waals surface area contributed by atoms with Crippen LogP contribution in [0, 0.1) is 11.3 Å². The Labute approximate surface area is 213 Å². The molecular weight excluding hydrogens is 517 g/mol. The number of anilines is 2. The molecule has 2 aliphatic rings. The van der Waals surface area contributed by atoms with Crippen LogP contribution < -0.4 is 15.8 Å². The number of nitrogens with one attached hydrogen (secondary N) is 2. The molecule has 2 fully saturated rings. The molecule has 2 N–H and O–H groups in total. The molecule has 38 heavy (non-hydrogen) atoms. The van der Waals surface area contributed by atoms with Crippen LogP contribution in [0.2, 0.25) is 0 Å². The van der Waals surface area contributed by atoms with E-state index in [2.05, 4.69) is 15.4 Å². The first-order chi connectivity index (χ1) is 17.9. The van der Waals surface area contributed by atoms with Gasteiger partial charge in [-0.2, -0.15) is 23.5 Å². The quantitative estimate of drug-likeness (QED) is 0.512. The number of hydrogen-bond acceptors (Lipinski definition) is 8. The van der Waals surface area contributed by atoms with E-state index in [1.807, 2.05) is 6.07 Å². The van der Waals surface area contributed by atoms with Crippen LogP contribution in [0.25, 0.3) is 0 Å². The Morgan fingerprint density at radius 2 is 2.03 bits per heavy atom. The molecule has 0 spiro atoms. The van der Waals surface area contributed by atoms with Gasteiger partial charge in [0.15, 0.2) is 0 Å². The van der Waals surface area contributed by atoms with Crippen LogP contribution in [0.15, 0.2) is 29.3 Å². The van der Waals surface area contributed by atoms with Crippen LogP contribution in [0.4, 0.5) is 33.5 Å². The topological polar surface area (TPSA) is 127 Å². The highest BCUT2D eigenvalue weighted by atomic mass is 19.4. The third kappa shape index (κ3) is 5.69. The first-order valence-corrected chi connectivity index (χ1v) is 11.7. The van der Waals surface area contributed by atoms with Crippen LogP contribution in [0.5, 0.6) is 0 Å². The number of carbonyl (C=O) groups is 1. The summed E-state index contributed by atoms with van der Waals surface area (Å²) in [5.74, 6) is -3.54. The fourth-order valence-corrected chi connectivity index (χ4v) is 4.64. The molecule has 1 amide bonds. The van der Waals surface area contributed by atoms with E-state index in [4.69, 9.17) is 10.00 Å². The molecule has 4 rings (SSSR count). The summed E-state index contributed by atoms with van der Waals surface area (Å²) in [6, 6.07) is 2.80. The fourth-order valence-electron chi connectivity index (χ4n) is 4.64. The maximum Gasteiger partial charge on any atom is 0.423 e. The van der Waals surface area contributed by atoms with Crippen molar-refractivity contribution in [3.8, 4) is 6.07 Å². The van der Waals surface area contributed by atoms with Gasteiger partial charge in [0.05, 0.1) is 36.6 Å². The number of hydrogen-bond donors (Lipinski definition) is 2. The van der Waals surface area contributed by atoms with E-state index in [-0.39, 0.29) is 32.5 Å². The van der Waals surface area contributed by atoms with Crippen molar-refractivity contribution >= 4 is 17.4 Å². The summed E-state index contributed by atoms with van der Waals surface area (Å²) in [5.41, 5.74) is -3.07. The highest BCUT2D eigenvalue weighted by Crippen LogP contribution is 2.36. The number of amides is 1. The summed E-state index contributed by atoms with van der Waals surface area (Å²) in [5, 5.41) is 16.5. The minimum atomic E-state index is -4.92. The number of rotatable bonds is 7. The van der Waals surface area contributed by atoms with Gasteiger partial charge in [0.25, 0.3) is 17.4 Å². The molecule has 0 bridgehead atoms. The second-order valence-electron chi connectivity index (χ2n) is 9.18. The summed E-state index contributed by atoms with van der Waals surface area (Å²) >= 11 is 0. The summed E-state index contributed by atoms with van der Waals surface area (Å²) in [6.45, 7) is 0.893. The van der Waals surface area contributed by atoms with Gasteiger partial charge in [-0.05, 0) is 25.5 Å². The van der Waals surface area contributed by atoms with Crippen LogP contribution in [0.1, 0.15) is 30.9 Å². The Bertz CT molecular complexity index is 1260. The van der Waals surface area contributed by atoms with Gasteiger partial charge in [0.1, 0.15) is 23.6 Å². The van der Waals surface area contributed by atoms with Crippen molar-refractivity contribution in [1.29, 1.82) is 5.26 Å². The van der Waals surface area contributed by atoms with E-state index in [0.717, 1.165) is 11.1 Å². The molecule has 204 valence electrons. The molecule has 3 atom stereocenters. The first-order valence-electron chi connectivity index (χ1n) is 11.7. The van der Waals surface area contributed by atoms with Gasteiger partial charge in [-0.25, -0.2) is 18.9 Å². The highest BCUT2D eigenvalue weighted by molar-refractivity contribution is 5.83. The molecule has 2 aliphatic heterocycles. The zero-order valence-electron chi connectivity index (χ0n) is 20.1. The number of alkyl halides is 5. The molecule has 0 unspecified atom stereocenters. The molecule has 10 nitrogen and oxygen atoms in total. The molecular formula is C23H24F5N7O3. The van der Waals surface area contributed by atoms with Crippen LogP contribution in [-0.2, 0) is 15.7 Å². The SMILES string of the molecule is C[C@@H](CO[C@@H]1CCN([C@H]2CCN(c3ccc(C#N)cn3)CC2(F)F)C1=O)Nc1cn[nH]c(=O)c1C(F)(F)F. The van der Waals surface area contributed by atoms with Gasteiger partial charge in [0, 0.05) is 31.7 Å². The van der Waals surface area contributed by atoms with Crippen molar-refractivity contribution in [3.05, 3.63) is 46.0 Å². The smallest absolute Gasteiger partial charge is 0.378 e. The lowest BCUT2D eigenvalue weighted by Gasteiger charge is -2.42. The van der Waals surface area contributed by atoms with E-state index in [9.17, 15) is 22.8 Å². The number of aromatic nitrogens is 3. The molecule has 2 aromatic rings. The monoisotopic (exact) mass is 541 g/mol. The summed E-state index contributed by atoms with van der Waals surface area (Å²) < 4.78 is 75.5. The Morgan fingerprint density at radius 3 is 2.66 bits per heavy atom. The number of aromatic amines is 1. The number of nitrogens with zero attached hydrogens (tertiary/aromatic N) is 5. The van der Waals surface area contributed by atoms with Gasteiger partial charge in [-0.3, -0.25) is 9.59 Å². The number of pyridine rings is 1. The lowest BCUT2D eigenvalue weighted by atomic mass is 9.99. The van der Waals surface area contributed by atoms with Gasteiger partial charge < -0.3 is 19.9 Å². The number of ether oxygens (including phenoxy) is 1. The fraction of sp³-hybridized carbons (Fsp3) is 0.522. The average Bonchev–Trinajstić information content (AvgIpc) is 3.21. The van der Waals surface area contributed by atoms with Crippen LogP contribution >= 0.6 is 0 Å². The minimum Gasteiger partial charge on any atom is -0.378 e. The van der Waals surface area contributed by atoms with E-state index in [1.165, 1.54) is 30.2 Å². The van der Waals surface area contributed by atoms with E-state index in [0.29, 0.717) is 11.4 Å².